The third-order valence-corrected chi connectivity index (χ3v) is 15.1. The standard InChI is InChI=1S/C58H91N9O14S/c1-4-64-30-32-65(5-2)41-46(67(6-3)35-34-66(33-31-64)36-37-81-80)39-43-21-23-45(24-22-43)60-52(82)20-13-8-7-12-19-51(69)61-47(25-27-53(70)71)50(68)40-44(38-42-16-10-9-11-17-42)55(74)59-29-15-14-18-48(56(75)76)62-58(79)63-49(57(77)78)26-28-54(72)73/h9-11,16-17,21-24,44,46-49,80H,4-8,12-15,18-20,25-41H2,1-3H3,(H,59,74)(H,60,82)(H,61,69)(H,70,71)(H,72,73)(H,75,76)(H,77,78)(H2,62,63,79)/t44-,46+,47+,48+,49+/m1/s1. The second-order valence-corrected chi connectivity index (χ2v) is 21.4. The van der Waals surface area contributed by atoms with Crippen molar-refractivity contribution in [2.24, 2.45) is 5.92 Å². The van der Waals surface area contributed by atoms with Gasteiger partial charge in [-0.2, -0.15) is 0 Å². The molecule has 2 aromatic rings. The van der Waals surface area contributed by atoms with E-state index in [-0.39, 0.29) is 64.5 Å². The highest BCUT2D eigenvalue weighted by atomic mass is 32.1. The van der Waals surface area contributed by atoms with Gasteiger partial charge in [-0.3, -0.25) is 39.0 Å². The molecule has 0 aromatic heterocycles. The van der Waals surface area contributed by atoms with Gasteiger partial charge >= 0.3 is 29.9 Å². The van der Waals surface area contributed by atoms with Crippen LogP contribution < -0.4 is 26.6 Å². The van der Waals surface area contributed by atoms with E-state index in [0.29, 0.717) is 30.4 Å². The van der Waals surface area contributed by atoms with Gasteiger partial charge in [-0.1, -0.05) is 88.3 Å². The summed E-state index contributed by atoms with van der Waals surface area (Å²) in [5, 5.41) is 59.5. The van der Waals surface area contributed by atoms with Gasteiger partial charge in [0.1, 0.15) is 12.1 Å². The third-order valence-electron chi connectivity index (χ3n) is 14.8. The van der Waals surface area contributed by atoms with Gasteiger partial charge < -0.3 is 56.8 Å². The number of hydrogen-bond acceptors (Lipinski definition) is 15. The number of carbonyl (C=O) groups excluding carboxylic acids is 4. The lowest BCUT2D eigenvalue weighted by molar-refractivity contribution is -0.244. The summed E-state index contributed by atoms with van der Waals surface area (Å²) in [6, 6.07) is 12.5. The highest BCUT2D eigenvalue weighted by Crippen LogP contribution is 2.19. The first-order chi connectivity index (χ1) is 39.3. The SMILES string of the molecule is CCN1CCN(CCOO)CCN(CC)[C@@H](Cc2ccc(NC(=S)CCCCCCC(=O)N[C@@H](CCC(=O)O)C(=O)C[C@@H](Cc3ccccc3)C(=O)NCCCC[C@H](NC(=O)N[C@@H](CCC(=O)O)C(=O)O)C(=O)O)cc2)CN(CC)CC1. The number of carbonyl (C=O) groups is 8. The number of rotatable bonds is 38. The first-order valence-electron chi connectivity index (χ1n) is 29.0. The number of nitrogens with zero attached hydrogens (tertiary/aromatic N) is 4. The number of carboxylic acid groups (broad SMARTS) is 4. The second kappa shape index (κ2) is 40.1. The molecule has 24 heteroatoms. The molecule has 0 radical (unpaired) electrons. The quantitative estimate of drug-likeness (QED) is 0.0184. The van der Waals surface area contributed by atoms with Crippen molar-refractivity contribution in [3.8, 4) is 0 Å². The lowest BCUT2D eigenvalue weighted by Crippen LogP contribution is -2.51. The summed E-state index contributed by atoms with van der Waals surface area (Å²) >= 11 is 5.71. The number of Topliss-reactive ketones (excluding diaryl/α,β-unsaturated/α-hetero) is 1. The maximum absolute atomic E-state index is 13.9. The Kier molecular flexibility index (Phi) is 34.3. The van der Waals surface area contributed by atoms with Crippen LogP contribution in [0.2, 0.25) is 0 Å². The van der Waals surface area contributed by atoms with Crippen molar-refractivity contribution in [1.29, 1.82) is 0 Å². The number of benzene rings is 2. The zero-order valence-corrected chi connectivity index (χ0v) is 49.0. The molecule has 0 aliphatic carbocycles. The zero-order chi connectivity index (χ0) is 60.2. The Bertz CT molecular complexity index is 2280. The van der Waals surface area contributed by atoms with Crippen LogP contribution in [0.3, 0.4) is 0 Å². The van der Waals surface area contributed by atoms with Crippen LogP contribution in [0.5, 0.6) is 0 Å². The van der Waals surface area contributed by atoms with Crippen molar-refractivity contribution in [2.75, 3.05) is 90.5 Å². The minimum Gasteiger partial charge on any atom is -0.481 e. The number of unbranched alkanes of at least 4 members (excludes halogenated alkanes) is 4. The zero-order valence-electron chi connectivity index (χ0n) is 48.2. The van der Waals surface area contributed by atoms with Gasteiger partial charge in [0, 0.05) is 102 Å². The molecule has 1 heterocycles. The van der Waals surface area contributed by atoms with E-state index in [4.69, 9.17) is 22.6 Å². The number of ketones is 1. The van der Waals surface area contributed by atoms with E-state index in [1.807, 2.05) is 0 Å². The van der Waals surface area contributed by atoms with E-state index in [0.717, 1.165) is 102 Å². The summed E-state index contributed by atoms with van der Waals surface area (Å²) in [6.45, 7) is 17.3. The van der Waals surface area contributed by atoms with E-state index in [2.05, 4.69) is 96.1 Å². The molecular formula is C58H91N9O14S. The predicted molar refractivity (Wildman–Crippen MR) is 315 cm³/mol. The molecule has 2 aromatic carbocycles. The summed E-state index contributed by atoms with van der Waals surface area (Å²) in [7, 11) is 0. The normalized spacial score (nSPS) is 16.5. The number of anilines is 1. The lowest BCUT2D eigenvalue weighted by Gasteiger charge is -2.38. The highest BCUT2D eigenvalue weighted by Gasteiger charge is 2.30. The van der Waals surface area contributed by atoms with Crippen LogP contribution >= 0.6 is 12.2 Å². The van der Waals surface area contributed by atoms with E-state index < -0.39 is 84.4 Å². The highest BCUT2D eigenvalue weighted by molar-refractivity contribution is 7.80. The number of urea groups is 1. The van der Waals surface area contributed by atoms with Gasteiger partial charge in [-0.25, -0.2) is 19.3 Å². The van der Waals surface area contributed by atoms with E-state index >= 15 is 0 Å². The van der Waals surface area contributed by atoms with Crippen LogP contribution in [0, 0.1) is 5.92 Å². The number of thiocarbonyl (C=S) groups is 1. The average molecular weight is 1170 g/mol. The van der Waals surface area contributed by atoms with Crippen LogP contribution in [-0.4, -0.2) is 207 Å². The molecular weight excluding hydrogens is 1080 g/mol. The number of hydrogen-bond donors (Lipinski definition) is 10. The molecule has 458 valence electrons. The molecule has 1 aliphatic rings. The maximum atomic E-state index is 13.9. The van der Waals surface area contributed by atoms with E-state index in [1.165, 1.54) is 5.56 Å². The van der Waals surface area contributed by atoms with Gasteiger partial charge in [0.2, 0.25) is 11.8 Å². The van der Waals surface area contributed by atoms with Gasteiger partial charge in [-0.05, 0) is 107 Å². The van der Waals surface area contributed by atoms with Crippen molar-refractivity contribution >= 4 is 70.4 Å². The van der Waals surface area contributed by atoms with Crippen molar-refractivity contribution in [2.45, 2.75) is 148 Å². The first kappa shape index (κ1) is 70.1. The summed E-state index contributed by atoms with van der Waals surface area (Å²) in [6.07, 6.45) is 3.27. The number of carboxylic acids is 4. The van der Waals surface area contributed by atoms with Crippen LogP contribution in [0.4, 0.5) is 10.5 Å². The van der Waals surface area contributed by atoms with Gasteiger partial charge in [-0.15, -0.1) is 0 Å². The molecule has 0 spiro atoms. The van der Waals surface area contributed by atoms with E-state index in [9.17, 15) is 53.7 Å². The Balaban J connectivity index is 1.49. The van der Waals surface area contributed by atoms with Crippen LogP contribution in [0.1, 0.15) is 122 Å². The second-order valence-electron chi connectivity index (χ2n) is 20.9. The van der Waals surface area contributed by atoms with Crippen molar-refractivity contribution < 1.29 is 68.9 Å². The van der Waals surface area contributed by atoms with Crippen molar-refractivity contribution in [3.63, 3.8) is 0 Å². The molecule has 4 amide bonds. The fraction of sp³-hybridized carbons (Fsp3) is 0.638. The fourth-order valence-electron chi connectivity index (χ4n) is 9.86. The van der Waals surface area contributed by atoms with Gasteiger partial charge in [0.15, 0.2) is 5.78 Å². The van der Waals surface area contributed by atoms with Crippen molar-refractivity contribution in [3.05, 3.63) is 65.7 Å². The maximum Gasteiger partial charge on any atom is 0.326 e. The monoisotopic (exact) mass is 1170 g/mol. The smallest absolute Gasteiger partial charge is 0.326 e. The van der Waals surface area contributed by atoms with E-state index in [1.54, 1.807) is 30.3 Å². The minimum atomic E-state index is -1.56. The lowest BCUT2D eigenvalue weighted by atomic mass is 9.90. The molecule has 82 heavy (non-hydrogen) atoms. The van der Waals surface area contributed by atoms with Crippen LogP contribution in [-0.2, 0) is 51.3 Å². The largest absolute Gasteiger partial charge is 0.481 e. The molecule has 1 fully saturated rings. The average Bonchev–Trinajstić information content (AvgIpc) is 3.44. The van der Waals surface area contributed by atoms with Gasteiger partial charge in [0.25, 0.3) is 0 Å². The Hall–Kier alpha value is -6.15. The predicted octanol–water partition coefficient (Wildman–Crippen LogP) is 4.97. The van der Waals surface area contributed by atoms with Crippen LogP contribution in [0.15, 0.2) is 54.6 Å². The Morgan fingerprint density at radius 2 is 1.21 bits per heavy atom. The Morgan fingerprint density at radius 1 is 0.622 bits per heavy atom. The Morgan fingerprint density at radius 3 is 1.80 bits per heavy atom. The molecule has 23 nitrogen and oxygen atoms in total. The molecule has 0 unspecified atom stereocenters. The molecule has 10 N–H and O–H groups in total. The van der Waals surface area contributed by atoms with Crippen molar-refractivity contribution in [1.82, 2.24) is 40.9 Å². The third kappa shape index (κ3) is 29.2. The number of nitrogens with one attached hydrogen (secondary N) is 5. The first-order valence-corrected chi connectivity index (χ1v) is 29.4. The molecule has 0 saturated carbocycles. The topological polar surface area (TPSA) is 320 Å². The summed E-state index contributed by atoms with van der Waals surface area (Å²) in [4.78, 5) is 114. The molecule has 5 atom stereocenters. The molecule has 3 rings (SSSR count). The summed E-state index contributed by atoms with van der Waals surface area (Å²) in [5.41, 5.74) is 2.93. The molecule has 0 bridgehead atoms. The minimum absolute atomic E-state index is 0.0741. The van der Waals surface area contributed by atoms with Crippen LogP contribution in [0.25, 0.3) is 0 Å². The Labute approximate surface area is 488 Å². The number of amides is 4. The molecule has 1 saturated heterocycles. The fourth-order valence-corrected chi connectivity index (χ4v) is 10.1. The molecule has 1 aliphatic heterocycles. The number of aliphatic carboxylic acids is 4. The summed E-state index contributed by atoms with van der Waals surface area (Å²) < 4.78 is 0. The van der Waals surface area contributed by atoms with Gasteiger partial charge in [0.05, 0.1) is 17.6 Å². The summed E-state index contributed by atoms with van der Waals surface area (Å²) in [5.74, 6) is -7.58. The number of likely N-dealkylation sites (N-methyl/N-ethyl adjacent to an activating group) is 3.